The summed E-state index contributed by atoms with van der Waals surface area (Å²) in [6, 6.07) is 5.78. The van der Waals surface area contributed by atoms with Crippen LogP contribution in [0.2, 0.25) is 0 Å². The number of rotatable bonds is 2. The van der Waals surface area contributed by atoms with Crippen molar-refractivity contribution in [3.8, 4) is 0 Å². The molecule has 4 heteroatoms. The van der Waals surface area contributed by atoms with Crippen LogP contribution in [0, 0.1) is 0 Å². The number of hydrogen-bond donors (Lipinski definition) is 2. The zero-order valence-electron chi connectivity index (χ0n) is 9.52. The maximum atomic E-state index is 5.75. The number of nitrogen functional groups attached to an aromatic ring is 1. The van der Waals surface area contributed by atoms with E-state index < -0.39 is 0 Å². The second kappa shape index (κ2) is 4.45. The number of benzene rings is 1. The average molecular weight is 245 g/mol. The molecule has 88 valence electrons. The van der Waals surface area contributed by atoms with Crippen molar-refractivity contribution in [2.45, 2.75) is 29.7 Å². The summed E-state index contributed by atoms with van der Waals surface area (Å²) in [6.45, 7) is 0. The maximum Gasteiger partial charge on any atom is 0.166 e. The van der Waals surface area contributed by atoms with Crippen molar-refractivity contribution < 1.29 is 0 Å². The van der Waals surface area contributed by atoms with Gasteiger partial charge in [-0.25, -0.2) is 4.98 Å². The number of aromatic nitrogens is 2. The first kappa shape index (κ1) is 10.7. The molecule has 0 aliphatic heterocycles. The molecular formula is C13H15N3S. The molecule has 1 aliphatic carbocycles. The van der Waals surface area contributed by atoms with E-state index in [1.807, 2.05) is 18.2 Å². The lowest BCUT2D eigenvalue weighted by Gasteiger charge is -2.13. The molecular weight excluding hydrogens is 230 g/mol. The Labute approximate surface area is 104 Å². The Morgan fingerprint density at radius 2 is 2.35 bits per heavy atom. The number of H-pyrrole nitrogens is 1. The van der Waals surface area contributed by atoms with Crippen LogP contribution in [0.5, 0.6) is 0 Å². The van der Waals surface area contributed by atoms with Crippen molar-refractivity contribution in [3.05, 3.63) is 30.4 Å². The van der Waals surface area contributed by atoms with Gasteiger partial charge in [0.2, 0.25) is 0 Å². The Morgan fingerprint density at radius 1 is 1.41 bits per heavy atom. The number of hydrogen-bond acceptors (Lipinski definition) is 3. The number of nitrogens with one attached hydrogen (secondary N) is 1. The van der Waals surface area contributed by atoms with E-state index in [4.69, 9.17) is 5.73 Å². The highest BCUT2D eigenvalue weighted by atomic mass is 32.2. The SMILES string of the molecule is Nc1ccc2nc(SC3C=CCCC3)[nH]c2c1. The number of nitrogens with zero attached hydrogens (tertiary/aromatic N) is 1. The van der Waals surface area contributed by atoms with Gasteiger partial charge in [-0.3, -0.25) is 0 Å². The predicted octanol–water partition coefficient (Wildman–Crippen LogP) is 3.35. The van der Waals surface area contributed by atoms with Gasteiger partial charge in [-0.15, -0.1) is 0 Å². The van der Waals surface area contributed by atoms with E-state index in [1.54, 1.807) is 11.8 Å². The van der Waals surface area contributed by atoms with Gasteiger partial charge in [-0.2, -0.15) is 0 Å². The monoisotopic (exact) mass is 245 g/mol. The third-order valence-corrected chi connectivity index (χ3v) is 4.07. The van der Waals surface area contributed by atoms with Crippen LogP contribution in [0.4, 0.5) is 5.69 Å². The second-order valence-electron chi connectivity index (χ2n) is 4.33. The molecule has 1 atom stereocenters. The van der Waals surface area contributed by atoms with Gasteiger partial charge in [0.05, 0.1) is 11.0 Å². The number of allylic oxidation sites excluding steroid dienone is 1. The lowest BCUT2D eigenvalue weighted by Crippen LogP contribution is -2.02. The van der Waals surface area contributed by atoms with E-state index >= 15 is 0 Å². The van der Waals surface area contributed by atoms with Crippen LogP contribution in [0.25, 0.3) is 11.0 Å². The van der Waals surface area contributed by atoms with Crippen LogP contribution >= 0.6 is 11.8 Å². The van der Waals surface area contributed by atoms with Crippen LogP contribution < -0.4 is 5.73 Å². The van der Waals surface area contributed by atoms with Crippen molar-refractivity contribution >= 4 is 28.5 Å². The molecule has 1 heterocycles. The molecule has 1 aromatic carbocycles. The summed E-state index contributed by atoms with van der Waals surface area (Å²) < 4.78 is 0. The van der Waals surface area contributed by atoms with Crippen molar-refractivity contribution in [2.75, 3.05) is 5.73 Å². The topological polar surface area (TPSA) is 54.7 Å². The fraction of sp³-hybridized carbons (Fsp3) is 0.308. The van der Waals surface area contributed by atoms with Gasteiger partial charge < -0.3 is 10.7 Å². The van der Waals surface area contributed by atoms with Crippen LogP contribution in [0.1, 0.15) is 19.3 Å². The minimum atomic E-state index is 0.557. The Hall–Kier alpha value is -1.42. The van der Waals surface area contributed by atoms with E-state index in [2.05, 4.69) is 22.1 Å². The van der Waals surface area contributed by atoms with E-state index in [9.17, 15) is 0 Å². The molecule has 3 nitrogen and oxygen atoms in total. The Bertz CT molecular complexity index is 559. The van der Waals surface area contributed by atoms with Crippen LogP contribution in [-0.4, -0.2) is 15.2 Å². The highest BCUT2D eigenvalue weighted by Gasteiger charge is 2.12. The molecule has 1 aliphatic rings. The molecule has 2 aromatic rings. The summed E-state index contributed by atoms with van der Waals surface area (Å²) in [5, 5.41) is 1.55. The first-order valence-corrected chi connectivity index (χ1v) is 6.78. The molecule has 0 radical (unpaired) electrons. The number of fused-ring (bicyclic) bond motifs is 1. The molecule has 0 amide bonds. The van der Waals surface area contributed by atoms with E-state index in [0.717, 1.165) is 21.9 Å². The number of anilines is 1. The van der Waals surface area contributed by atoms with E-state index in [0.29, 0.717) is 5.25 Å². The fourth-order valence-electron chi connectivity index (χ4n) is 2.08. The Kier molecular flexibility index (Phi) is 2.81. The second-order valence-corrected chi connectivity index (χ2v) is 5.56. The fourth-order valence-corrected chi connectivity index (χ4v) is 3.16. The van der Waals surface area contributed by atoms with Crippen molar-refractivity contribution in [1.29, 1.82) is 0 Å². The van der Waals surface area contributed by atoms with Gasteiger partial charge in [0.1, 0.15) is 0 Å². The first-order valence-electron chi connectivity index (χ1n) is 5.90. The number of thioether (sulfide) groups is 1. The highest BCUT2D eigenvalue weighted by Crippen LogP contribution is 2.29. The average Bonchev–Trinajstić information content (AvgIpc) is 2.71. The normalized spacial score (nSPS) is 19.9. The molecule has 0 bridgehead atoms. The van der Waals surface area contributed by atoms with E-state index in [-0.39, 0.29) is 0 Å². The molecule has 1 unspecified atom stereocenters. The molecule has 0 saturated heterocycles. The zero-order chi connectivity index (χ0) is 11.7. The maximum absolute atomic E-state index is 5.75. The van der Waals surface area contributed by atoms with E-state index in [1.165, 1.54) is 19.3 Å². The Morgan fingerprint density at radius 3 is 3.18 bits per heavy atom. The van der Waals surface area contributed by atoms with Gasteiger partial charge in [-0.1, -0.05) is 23.9 Å². The third-order valence-electron chi connectivity index (χ3n) is 2.96. The molecule has 3 N–H and O–H groups in total. The predicted molar refractivity (Wildman–Crippen MR) is 73.1 cm³/mol. The number of imidazole rings is 1. The summed E-state index contributed by atoms with van der Waals surface area (Å²) >= 11 is 1.80. The Balaban J connectivity index is 1.85. The summed E-state index contributed by atoms with van der Waals surface area (Å²) in [5.41, 5.74) is 8.53. The standard InChI is InChI=1S/C13H15N3S/c14-9-6-7-11-12(8-9)16-13(15-11)17-10-4-2-1-3-5-10/h2,4,6-8,10H,1,3,5,14H2,(H,15,16). The number of nitrogens with two attached hydrogens (primary N) is 1. The lowest BCUT2D eigenvalue weighted by molar-refractivity contribution is 0.739. The van der Waals surface area contributed by atoms with Gasteiger partial charge in [0.15, 0.2) is 5.16 Å². The first-order chi connectivity index (χ1) is 8.31. The van der Waals surface area contributed by atoms with Gasteiger partial charge >= 0.3 is 0 Å². The molecule has 17 heavy (non-hydrogen) atoms. The van der Waals surface area contributed by atoms with Crippen molar-refractivity contribution in [2.24, 2.45) is 0 Å². The van der Waals surface area contributed by atoms with Gasteiger partial charge in [-0.05, 0) is 37.5 Å². The minimum absolute atomic E-state index is 0.557. The smallest absolute Gasteiger partial charge is 0.166 e. The molecule has 0 fully saturated rings. The molecule has 3 rings (SSSR count). The molecule has 1 aromatic heterocycles. The molecule has 0 saturated carbocycles. The summed E-state index contributed by atoms with van der Waals surface area (Å²) in [4.78, 5) is 7.89. The third kappa shape index (κ3) is 2.31. The largest absolute Gasteiger partial charge is 0.399 e. The zero-order valence-corrected chi connectivity index (χ0v) is 10.3. The lowest BCUT2D eigenvalue weighted by atomic mass is 10.1. The summed E-state index contributed by atoms with van der Waals surface area (Å²) in [5.74, 6) is 0. The van der Waals surface area contributed by atoms with Crippen LogP contribution in [0.15, 0.2) is 35.5 Å². The minimum Gasteiger partial charge on any atom is -0.399 e. The van der Waals surface area contributed by atoms with Gasteiger partial charge in [0.25, 0.3) is 0 Å². The molecule has 0 spiro atoms. The van der Waals surface area contributed by atoms with Crippen molar-refractivity contribution in [3.63, 3.8) is 0 Å². The summed E-state index contributed by atoms with van der Waals surface area (Å²) in [6.07, 6.45) is 8.28. The van der Waals surface area contributed by atoms with Crippen LogP contribution in [-0.2, 0) is 0 Å². The van der Waals surface area contributed by atoms with Crippen LogP contribution in [0.3, 0.4) is 0 Å². The quantitative estimate of drug-likeness (QED) is 0.630. The highest BCUT2D eigenvalue weighted by molar-refractivity contribution is 7.99. The number of aromatic amines is 1. The van der Waals surface area contributed by atoms with Crippen molar-refractivity contribution in [1.82, 2.24) is 9.97 Å². The van der Waals surface area contributed by atoms with Gasteiger partial charge in [0, 0.05) is 10.9 Å². The summed E-state index contributed by atoms with van der Waals surface area (Å²) in [7, 11) is 0.